The molecule has 132 valence electrons. The maximum atomic E-state index is 11.5. The fourth-order valence-electron chi connectivity index (χ4n) is 1.98. The van der Waals surface area contributed by atoms with Gasteiger partial charge in [-0.15, -0.1) is 0 Å². The molecule has 0 aromatic carbocycles. The van der Waals surface area contributed by atoms with E-state index in [1.807, 2.05) is 0 Å². The third-order valence-corrected chi connectivity index (χ3v) is 3.41. The molecule has 0 heterocycles. The third kappa shape index (κ3) is 17.4. The van der Waals surface area contributed by atoms with Crippen molar-refractivity contribution in [3.8, 4) is 0 Å². The lowest BCUT2D eigenvalue weighted by Gasteiger charge is -2.08. The van der Waals surface area contributed by atoms with Crippen molar-refractivity contribution in [2.24, 2.45) is 11.8 Å². The first kappa shape index (κ1) is 21.4. The zero-order valence-corrected chi connectivity index (χ0v) is 15.2. The van der Waals surface area contributed by atoms with Gasteiger partial charge in [0.25, 0.3) is 0 Å². The van der Waals surface area contributed by atoms with Crippen LogP contribution in [-0.2, 0) is 14.3 Å². The number of unbranched alkanes of at least 4 members (excludes halogenated alkanes) is 1. The van der Waals surface area contributed by atoms with Gasteiger partial charge in [-0.1, -0.05) is 27.7 Å². The average Bonchev–Trinajstić information content (AvgIpc) is 2.45. The number of hydrogen-bond acceptors (Lipinski definition) is 3. The van der Waals surface area contributed by atoms with Crippen LogP contribution in [-0.4, -0.2) is 38.9 Å². The van der Waals surface area contributed by atoms with Gasteiger partial charge in [-0.05, 0) is 43.9 Å². The van der Waals surface area contributed by atoms with Crippen molar-refractivity contribution in [2.45, 2.75) is 66.2 Å². The van der Waals surface area contributed by atoms with Gasteiger partial charge in [0.2, 0.25) is 5.91 Å². The van der Waals surface area contributed by atoms with Crippen LogP contribution in [0.4, 0.5) is 0 Å². The van der Waals surface area contributed by atoms with E-state index in [1.165, 1.54) is 6.42 Å². The van der Waals surface area contributed by atoms with E-state index >= 15 is 0 Å². The van der Waals surface area contributed by atoms with Crippen LogP contribution in [0.3, 0.4) is 0 Å². The van der Waals surface area contributed by atoms with Crippen LogP contribution in [0.5, 0.6) is 0 Å². The van der Waals surface area contributed by atoms with Gasteiger partial charge in [-0.25, -0.2) is 0 Å². The fourth-order valence-corrected chi connectivity index (χ4v) is 1.98. The Morgan fingerprint density at radius 1 is 0.818 bits per heavy atom. The molecule has 22 heavy (non-hydrogen) atoms. The number of hydrogen-bond donors (Lipinski definition) is 1. The molecule has 0 saturated heterocycles. The molecule has 0 aliphatic rings. The Bertz CT molecular complexity index is 255. The van der Waals surface area contributed by atoms with E-state index in [4.69, 9.17) is 9.47 Å². The van der Waals surface area contributed by atoms with Crippen LogP contribution >= 0.6 is 0 Å². The lowest BCUT2D eigenvalue weighted by molar-refractivity contribution is -0.121. The van der Waals surface area contributed by atoms with E-state index in [0.717, 1.165) is 51.4 Å². The smallest absolute Gasteiger partial charge is 0.220 e. The standard InChI is InChI=1S/C18H37NO3/c1-16(2)8-7-14-21-12-5-6-13-22-15-11-19-18(20)10-9-17(3)4/h16-17H,5-15H2,1-4H3,(H,19,20). The van der Waals surface area contributed by atoms with Gasteiger partial charge < -0.3 is 14.8 Å². The zero-order chi connectivity index (χ0) is 16.6. The Balaban J connectivity index is 3.12. The highest BCUT2D eigenvalue weighted by molar-refractivity contribution is 5.75. The highest BCUT2D eigenvalue weighted by Crippen LogP contribution is 2.04. The first-order valence-corrected chi connectivity index (χ1v) is 8.94. The lowest BCUT2D eigenvalue weighted by Crippen LogP contribution is -2.27. The van der Waals surface area contributed by atoms with Gasteiger partial charge >= 0.3 is 0 Å². The summed E-state index contributed by atoms with van der Waals surface area (Å²) in [7, 11) is 0. The summed E-state index contributed by atoms with van der Waals surface area (Å²) >= 11 is 0. The van der Waals surface area contributed by atoms with Gasteiger partial charge in [0.15, 0.2) is 0 Å². The monoisotopic (exact) mass is 315 g/mol. The molecule has 0 spiro atoms. The molecule has 0 unspecified atom stereocenters. The minimum absolute atomic E-state index is 0.132. The van der Waals surface area contributed by atoms with E-state index in [9.17, 15) is 4.79 Å². The van der Waals surface area contributed by atoms with Gasteiger partial charge in [0.05, 0.1) is 6.61 Å². The van der Waals surface area contributed by atoms with Gasteiger partial charge in [0, 0.05) is 32.8 Å². The molecular formula is C18H37NO3. The number of rotatable bonds is 15. The summed E-state index contributed by atoms with van der Waals surface area (Å²) in [5, 5.41) is 2.88. The van der Waals surface area contributed by atoms with Crippen LogP contribution in [0.25, 0.3) is 0 Å². The second kappa shape index (κ2) is 15.3. The Kier molecular flexibility index (Phi) is 14.9. The molecule has 0 fully saturated rings. The molecule has 0 atom stereocenters. The summed E-state index contributed by atoms with van der Waals surface area (Å²) in [4.78, 5) is 11.5. The number of ether oxygens (including phenoxy) is 2. The number of carbonyl (C=O) groups is 1. The predicted molar refractivity (Wildman–Crippen MR) is 92.0 cm³/mol. The topological polar surface area (TPSA) is 47.6 Å². The summed E-state index contributed by atoms with van der Waals surface area (Å²) in [6, 6.07) is 0. The van der Waals surface area contributed by atoms with E-state index < -0.39 is 0 Å². The van der Waals surface area contributed by atoms with Crippen molar-refractivity contribution in [1.82, 2.24) is 5.32 Å². The van der Waals surface area contributed by atoms with Crippen molar-refractivity contribution in [1.29, 1.82) is 0 Å². The van der Waals surface area contributed by atoms with Crippen molar-refractivity contribution < 1.29 is 14.3 Å². The zero-order valence-electron chi connectivity index (χ0n) is 15.2. The molecule has 4 nitrogen and oxygen atoms in total. The van der Waals surface area contributed by atoms with E-state index in [-0.39, 0.29) is 5.91 Å². The molecule has 1 N–H and O–H groups in total. The summed E-state index contributed by atoms with van der Waals surface area (Å²) in [6.45, 7) is 12.4. The number of amides is 1. The largest absolute Gasteiger partial charge is 0.381 e. The Morgan fingerprint density at radius 2 is 1.36 bits per heavy atom. The van der Waals surface area contributed by atoms with Crippen molar-refractivity contribution in [3.05, 3.63) is 0 Å². The first-order chi connectivity index (χ1) is 10.5. The molecule has 0 aromatic heterocycles. The molecule has 0 aliphatic carbocycles. The predicted octanol–water partition coefficient (Wildman–Crippen LogP) is 3.79. The maximum Gasteiger partial charge on any atom is 0.220 e. The molecule has 0 saturated carbocycles. The Morgan fingerprint density at radius 3 is 1.95 bits per heavy atom. The average molecular weight is 315 g/mol. The first-order valence-electron chi connectivity index (χ1n) is 8.94. The highest BCUT2D eigenvalue weighted by Gasteiger charge is 2.02. The molecule has 0 aliphatic heterocycles. The molecular weight excluding hydrogens is 278 g/mol. The third-order valence-electron chi connectivity index (χ3n) is 3.41. The molecule has 0 radical (unpaired) electrons. The normalized spacial score (nSPS) is 11.4. The van der Waals surface area contributed by atoms with Crippen LogP contribution < -0.4 is 5.32 Å². The molecule has 0 bridgehead atoms. The van der Waals surface area contributed by atoms with Crippen molar-refractivity contribution in [3.63, 3.8) is 0 Å². The minimum Gasteiger partial charge on any atom is -0.381 e. The van der Waals surface area contributed by atoms with E-state index in [0.29, 0.717) is 25.5 Å². The van der Waals surface area contributed by atoms with Crippen LogP contribution in [0.15, 0.2) is 0 Å². The minimum atomic E-state index is 0.132. The number of carbonyl (C=O) groups excluding carboxylic acids is 1. The molecule has 4 heteroatoms. The second-order valence-electron chi connectivity index (χ2n) is 6.75. The summed E-state index contributed by atoms with van der Waals surface area (Å²) < 4.78 is 11.1. The van der Waals surface area contributed by atoms with Crippen LogP contribution in [0.1, 0.15) is 66.2 Å². The van der Waals surface area contributed by atoms with E-state index in [2.05, 4.69) is 33.0 Å². The van der Waals surface area contributed by atoms with Gasteiger partial charge in [-0.3, -0.25) is 4.79 Å². The Labute approximate surface area is 137 Å². The lowest BCUT2D eigenvalue weighted by atomic mass is 10.1. The van der Waals surface area contributed by atoms with Crippen LogP contribution in [0.2, 0.25) is 0 Å². The van der Waals surface area contributed by atoms with Crippen molar-refractivity contribution in [2.75, 3.05) is 33.0 Å². The van der Waals surface area contributed by atoms with Crippen LogP contribution in [0, 0.1) is 11.8 Å². The van der Waals surface area contributed by atoms with Gasteiger partial charge in [0.1, 0.15) is 0 Å². The fraction of sp³-hybridized carbons (Fsp3) is 0.944. The van der Waals surface area contributed by atoms with Gasteiger partial charge in [-0.2, -0.15) is 0 Å². The SMILES string of the molecule is CC(C)CCCOCCCCOCCNC(=O)CCC(C)C. The summed E-state index contributed by atoms with van der Waals surface area (Å²) in [5.74, 6) is 1.48. The molecule has 0 rings (SSSR count). The highest BCUT2D eigenvalue weighted by atomic mass is 16.5. The molecule has 0 aromatic rings. The summed E-state index contributed by atoms with van der Waals surface area (Å²) in [6.07, 6.45) is 6.03. The molecule has 1 amide bonds. The Hall–Kier alpha value is -0.610. The summed E-state index contributed by atoms with van der Waals surface area (Å²) in [5.41, 5.74) is 0. The maximum absolute atomic E-state index is 11.5. The number of nitrogens with one attached hydrogen (secondary N) is 1. The second-order valence-corrected chi connectivity index (χ2v) is 6.75. The quantitative estimate of drug-likeness (QED) is 0.468. The van der Waals surface area contributed by atoms with Crippen molar-refractivity contribution >= 4 is 5.91 Å². The van der Waals surface area contributed by atoms with E-state index in [1.54, 1.807) is 0 Å².